The zero-order valence-corrected chi connectivity index (χ0v) is 11.4. The van der Waals surface area contributed by atoms with E-state index in [2.05, 4.69) is 5.32 Å². The highest BCUT2D eigenvalue weighted by Gasteiger charge is 2.24. The molecule has 0 amide bonds. The summed E-state index contributed by atoms with van der Waals surface area (Å²) in [5, 5.41) is 3.25. The van der Waals surface area contributed by atoms with Gasteiger partial charge in [-0.25, -0.2) is 8.78 Å². The minimum atomic E-state index is -0.921. The summed E-state index contributed by atoms with van der Waals surface area (Å²) >= 11 is 0. The van der Waals surface area contributed by atoms with Crippen molar-refractivity contribution in [1.82, 2.24) is 0 Å². The third-order valence-corrected chi connectivity index (χ3v) is 3.83. The molecule has 1 heterocycles. The minimum Gasteiger partial charge on any atom is -0.384 e. The molecular weight excluding hydrogens is 272 g/mol. The Hall–Kier alpha value is -2.23. The van der Waals surface area contributed by atoms with E-state index in [9.17, 15) is 13.6 Å². The number of rotatable bonds is 4. The van der Waals surface area contributed by atoms with Gasteiger partial charge in [0.25, 0.3) is 0 Å². The van der Waals surface area contributed by atoms with E-state index >= 15 is 0 Å². The van der Waals surface area contributed by atoms with Crippen LogP contribution < -0.4 is 5.32 Å². The maximum Gasteiger partial charge on any atom is 0.162 e. The van der Waals surface area contributed by atoms with Gasteiger partial charge in [0.15, 0.2) is 11.6 Å². The summed E-state index contributed by atoms with van der Waals surface area (Å²) in [7, 11) is 0. The number of ketones is 1. The Morgan fingerprint density at radius 2 is 1.95 bits per heavy atom. The third kappa shape index (κ3) is 2.79. The van der Waals surface area contributed by atoms with Crippen molar-refractivity contribution in [3.63, 3.8) is 0 Å². The number of benzene rings is 2. The maximum absolute atomic E-state index is 13.6. The van der Waals surface area contributed by atoms with Gasteiger partial charge in [-0.2, -0.15) is 0 Å². The lowest BCUT2D eigenvalue weighted by Gasteiger charge is -2.09. The summed E-state index contributed by atoms with van der Waals surface area (Å²) in [5.74, 6) is -1.81. The molecule has 1 aliphatic heterocycles. The molecule has 108 valence electrons. The molecule has 0 aromatic heterocycles. The Morgan fingerprint density at radius 3 is 2.81 bits per heavy atom. The second-order valence-electron chi connectivity index (χ2n) is 5.30. The van der Waals surface area contributed by atoms with Crippen molar-refractivity contribution in [2.75, 3.05) is 11.9 Å². The summed E-state index contributed by atoms with van der Waals surface area (Å²) in [6.45, 7) is 0.705. The molecule has 2 nitrogen and oxygen atoms in total. The number of Topliss-reactive ketones (excluding diaryl/α,β-unsaturated/α-hetero) is 1. The number of carbonyl (C=O) groups excluding carboxylic acids is 1. The number of halogens is 2. The predicted molar refractivity (Wildman–Crippen MR) is 77.4 cm³/mol. The number of para-hydroxylation sites is 1. The highest BCUT2D eigenvalue weighted by atomic mass is 19.2. The van der Waals surface area contributed by atoms with Crippen molar-refractivity contribution in [2.45, 2.75) is 18.8 Å². The molecule has 3 rings (SSSR count). The number of fused-ring (bicyclic) bond motifs is 1. The maximum atomic E-state index is 13.6. The molecule has 0 bridgehead atoms. The van der Waals surface area contributed by atoms with Gasteiger partial charge in [0.2, 0.25) is 0 Å². The van der Waals surface area contributed by atoms with Crippen LogP contribution in [-0.2, 0) is 11.2 Å². The Morgan fingerprint density at radius 1 is 1.14 bits per heavy atom. The van der Waals surface area contributed by atoms with Gasteiger partial charge in [-0.15, -0.1) is 0 Å². The first-order valence-electron chi connectivity index (χ1n) is 6.92. The predicted octanol–water partition coefficient (Wildman–Crippen LogP) is 3.68. The quantitative estimate of drug-likeness (QED) is 0.929. The van der Waals surface area contributed by atoms with E-state index in [0.29, 0.717) is 13.0 Å². The highest BCUT2D eigenvalue weighted by Crippen LogP contribution is 2.33. The number of hydrogen-bond acceptors (Lipinski definition) is 2. The molecule has 21 heavy (non-hydrogen) atoms. The van der Waals surface area contributed by atoms with E-state index in [4.69, 9.17) is 0 Å². The highest BCUT2D eigenvalue weighted by molar-refractivity contribution is 5.82. The van der Waals surface area contributed by atoms with E-state index in [1.165, 1.54) is 12.1 Å². The van der Waals surface area contributed by atoms with Crippen LogP contribution in [0.25, 0.3) is 0 Å². The fourth-order valence-electron chi connectivity index (χ4n) is 2.78. The van der Waals surface area contributed by atoms with Crippen molar-refractivity contribution in [2.24, 2.45) is 0 Å². The Labute approximate surface area is 121 Å². The van der Waals surface area contributed by atoms with Gasteiger partial charge < -0.3 is 5.32 Å². The van der Waals surface area contributed by atoms with Crippen molar-refractivity contribution >= 4 is 11.5 Å². The van der Waals surface area contributed by atoms with Crippen molar-refractivity contribution in [3.05, 3.63) is 65.2 Å². The van der Waals surface area contributed by atoms with E-state index in [-0.39, 0.29) is 23.7 Å². The summed E-state index contributed by atoms with van der Waals surface area (Å²) in [5.41, 5.74) is 2.29. The number of nitrogens with one attached hydrogen (secondary N) is 1. The topological polar surface area (TPSA) is 29.1 Å². The Bertz CT molecular complexity index is 684. The SMILES string of the molecule is O=C(Cc1cccc(F)c1F)CC1CNc2ccccc21. The first-order valence-corrected chi connectivity index (χ1v) is 6.92. The van der Waals surface area contributed by atoms with Gasteiger partial charge in [0.05, 0.1) is 0 Å². The zero-order valence-electron chi connectivity index (χ0n) is 11.4. The molecule has 0 saturated heterocycles. The smallest absolute Gasteiger partial charge is 0.162 e. The Kier molecular flexibility index (Phi) is 3.69. The van der Waals surface area contributed by atoms with Crippen LogP contribution in [0.5, 0.6) is 0 Å². The van der Waals surface area contributed by atoms with Crippen molar-refractivity contribution in [3.8, 4) is 0 Å². The van der Waals surface area contributed by atoms with Crippen LogP contribution in [0, 0.1) is 11.6 Å². The van der Waals surface area contributed by atoms with Crippen molar-refractivity contribution in [1.29, 1.82) is 0 Å². The molecule has 0 saturated carbocycles. The fraction of sp³-hybridized carbons (Fsp3) is 0.235. The molecule has 1 N–H and O–H groups in total. The van der Waals surface area contributed by atoms with Crippen LogP contribution in [-0.4, -0.2) is 12.3 Å². The van der Waals surface area contributed by atoms with Gasteiger partial charge in [-0.05, 0) is 23.3 Å². The summed E-state index contributed by atoms with van der Waals surface area (Å²) < 4.78 is 26.7. The molecule has 1 unspecified atom stereocenters. The fourth-order valence-corrected chi connectivity index (χ4v) is 2.78. The minimum absolute atomic E-state index is 0.0672. The average molecular weight is 287 g/mol. The monoisotopic (exact) mass is 287 g/mol. The van der Waals surface area contributed by atoms with Gasteiger partial charge >= 0.3 is 0 Å². The largest absolute Gasteiger partial charge is 0.384 e. The van der Waals surface area contributed by atoms with Crippen LogP contribution in [0.15, 0.2) is 42.5 Å². The molecule has 2 aromatic carbocycles. The van der Waals surface area contributed by atoms with Gasteiger partial charge in [0, 0.05) is 31.0 Å². The van der Waals surface area contributed by atoms with Crippen LogP contribution in [0.2, 0.25) is 0 Å². The van der Waals surface area contributed by atoms with E-state index < -0.39 is 11.6 Å². The van der Waals surface area contributed by atoms with Crippen LogP contribution in [0.3, 0.4) is 0 Å². The molecule has 0 radical (unpaired) electrons. The summed E-state index contributed by atoms with van der Waals surface area (Å²) in [6.07, 6.45) is 0.266. The molecule has 2 aromatic rings. The standard InChI is InChI=1S/C17H15F2NO/c18-15-6-3-4-11(17(15)19)8-13(21)9-12-10-20-16-7-2-1-5-14(12)16/h1-7,12,20H,8-10H2. The number of hydrogen-bond donors (Lipinski definition) is 1. The van der Waals surface area contributed by atoms with E-state index in [1.807, 2.05) is 24.3 Å². The average Bonchev–Trinajstić information content (AvgIpc) is 2.87. The normalized spacial score (nSPS) is 16.4. The van der Waals surface area contributed by atoms with Crippen LogP contribution in [0.4, 0.5) is 14.5 Å². The molecular formula is C17H15F2NO. The first-order chi connectivity index (χ1) is 10.1. The lowest BCUT2D eigenvalue weighted by Crippen LogP contribution is -2.12. The van der Waals surface area contributed by atoms with Crippen LogP contribution in [0.1, 0.15) is 23.5 Å². The number of carbonyl (C=O) groups is 1. The van der Waals surface area contributed by atoms with Crippen LogP contribution >= 0.6 is 0 Å². The second-order valence-corrected chi connectivity index (χ2v) is 5.30. The van der Waals surface area contributed by atoms with Crippen molar-refractivity contribution < 1.29 is 13.6 Å². The number of anilines is 1. The first kappa shape index (κ1) is 13.7. The van der Waals surface area contributed by atoms with Gasteiger partial charge in [-0.3, -0.25) is 4.79 Å². The third-order valence-electron chi connectivity index (χ3n) is 3.83. The molecule has 0 fully saturated rings. The second kappa shape index (κ2) is 5.64. The lowest BCUT2D eigenvalue weighted by molar-refractivity contribution is -0.118. The molecule has 1 aliphatic rings. The lowest BCUT2D eigenvalue weighted by atomic mass is 9.93. The molecule has 1 atom stereocenters. The Balaban J connectivity index is 1.69. The molecule has 4 heteroatoms. The van der Waals surface area contributed by atoms with E-state index in [1.54, 1.807) is 0 Å². The van der Waals surface area contributed by atoms with Gasteiger partial charge in [-0.1, -0.05) is 30.3 Å². The molecule has 0 aliphatic carbocycles. The zero-order chi connectivity index (χ0) is 14.8. The van der Waals surface area contributed by atoms with E-state index in [0.717, 1.165) is 17.3 Å². The van der Waals surface area contributed by atoms with Gasteiger partial charge in [0.1, 0.15) is 5.78 Å². The molecule has 0 spiro atoms. The summed E-state index contributed by atoms with van der Waals surface area (Å²) in [6, 6.07) is 11.8. The summed E-state index contributed by atoms with van der Waals surface area (Å²) in [4.78, 5) is 12.1.